The van der Waals surface area contributed by atoms with Crippen molar-refractivity contribution in [3.63, 3.8) is 0 Å². The summed E-state index contributed by atoms with van der Waals surface area (Å²) >= 11 is 0. The third kappa shape index (κ3) is 3.64. The summed E-state index contributed by atoms with van der Waals surface area (Å²) in [5.74, 6) is -0.405. The minimum Gasteiger partial charge on any atom is -0.364 e. The quantitative estimate of drug-likeness (QED) is 0.884. The van der Waals surface area contributed by atoms with Crippen LogP contribution in [0.2, 0.25) is 0 Å². The molecule has 2 aromatic rings. The molecule has 1 aromatic heterocycles. The van der Waals surface area contributed by atoms with Gasteiger partial charge in [0.25, 0.3) is 5.91 Å². The Bertz CT molecular complexity index is 718. The predicted molar refractivity (Wildman–Crippen MR) is 91.5 cm³/mol. The van der Waals surface area contributed by atoms with E-state index in [1.54, 1.807) is 10.9 Å². The zero-order chi connectivity index (χ0) is 16.9. The van der Waals surface area contributed by atoms with E-state index in [0.717, 1.165) is 31.2 Å². The molecular weight excluding hydrogens is 304 g/mol. The highest BCUT2D eigenvalue weighted by atomic mass is 16.2. The van der Waals surface area contributed by atoms with Crippen LogP contribution in [0.4, 0.5) is 5.82 Å². The molecule has 1 aliphatic carbocycles. The first-order valence-corrected chi connectivity index (χ1v) is 8.35. The van der Waals surface area contributed by atoms with E-state index in [1.165, 1.54) is 6.42 Å². The second-order valence-electron chi connectivity index (χ2n) is 6.24. The molecule has 3 rings (SSSR count). The van der Waals surface area contributed by atoms with Crippen LogP contribution in [0, 0.1) is 5.92 Å². The van der Waals surface area contributed by atoms with Crippen molar-refractivity contribution in [1.29, 1.82) is 0 Å². The Kier molecular flexibility index (Phi) is 4.93. The van der Waals surface area contributed by atoms with Gasteiger partial charge in [0.15, 0.2) is 11.5 Å². The first-order chi connectivity index (χ1) is 11.6. The third-order valence-electron chi connectivity index (χ3n) is 4.48. The Morgan fingerprint density at radius 3 is 2.54 bits per heavy atom. The van der Waals surface area contributed by atoms with Gasteiger partial charge in [0.05, 0.1) is 6.33 Å². The summed E-state index contributed by atoms with van der Waals surface area (Å²) < 4.78 is 1.67. The van der Waals surface area contributed by atoms with Crippen LogP contribution in [0.25, 0.3) is 0 Å². The van der Waals surface area contributed by atoms with E-state index in [2.05, 4.69) is 10.3 Å². The van der Waals surface area contributed by atoms with Gasteiger partial charge >= 0.3 is 0 Å². The lowest BCUT2D eigenvalue weighted by atomic mass is 9.89. The molecule has 6 heteroatoms. The molecule has 1 fully saturated rings. The molecule has 1 heterocycles. The van der Waals surface area contributed by atoms with Crippen molar-refractivity contribution in [1.82, 2.24) is 9.55 Å². The Hall–Kier alpha value is -2.63. The summed E-state index contributed by atoms with van der Waals surface area (Å²) in [6.45, 7) is 0.478. The molecule has 3 N–H and O–H groups in total. The first-order valence-electron chi connectivity index (χ1n) is 8.35. The van der Waals surface area contributed by atoms with E-state index < -0.39 is 5.91 Å². The smallest absolute Gasteiger partial charge is 0.269 e. The van der Waals surface area contributed by atoms with Gasteiger partial charge in [0.1, 0.15) is 0 Å². The highest BCUT2D eigenvalue weighted by Gasteiger charge is 2.24. The normalized spacial score (nSPS) is 15.2. The number of nitrogens with one attached hydrogen (secondary N) is 1. The fourth-order valence-corrected chi connectivity index (χ4v) is 3.22. The summed E-state index contributed by atoms with van der Waals surface area (Å²) in [5.41, 5.74) is 6.79. The van der Waals surface area contributed by atoms with E-state index in [-0.39, 0.29) is 23.3 Å². The number of anilines is 1. The van der Waals surface area contributed by atoms with Crippen molar-refractivity contribution in [2.75, 3.05) is 5.32 Å². The molecule has 24 heavy (non-hydrogen) atoms. The van der Waals surface area contributed by atoms with Crippen molar-refractivity contribution in [2.24, 2.45) is 11.7 Å². The molecule has 0 spiro atoms. The minimum absolute atomic E-state index is 0.00116. The van der Waals surface area contributed by atoms with Crippen LogP contribution >= 0.6 is 0 Å². The second-order valence-corrected chi connectivity index (χ2v) is 6.24. The monoisotopic (exact) mass is 326 g/mol. The number of hydrogen-bond acceptors (Lipinski definition) is 3. The number of amides is 2. The Morgan fingerprint density at radius 2 is 1.88 bits per heavy atom. The second kappa shape index (κ2) is 7.29. The molecule has 1 saturated carbocycles. The van der Waals surface area contributed by atoms with Crippen molar-refractivity contribution in [3.05, 3.63) is 47.9 Å². The molecule has 0 atom stereocenters. The van der Waals surface area contributed by atoms with E-state index in [4.69, 9.17) is 5.73 Å². The van der Waals surface area contributed by atoms with Gasteiger partial charge in [0, 0.05) is 12.5 Å². The Balaban J connectivity index is 1.78. The van der Waals surface area contributed by atoms with E-state index in [9.17, 15) is 9.59 Å². The molecular formula is C18H22N4O2. The van der Waals surface area contributed by atoms with Crippen LogP contribution in [0.1, 0.15) is 48.2 Å². The number of nitrogens with zero attached hydrogens (tertiary/aromatic N) is 2. The first kappa shape index (κ1) is 16.2. The molecule has 0 aliphatic heterocycles. The summed E-state index contributed by atoms with van der Waals surface area (Å²) in [5, 5.41) is 2.80. The zero-order valence-electron chi connectivity index (χ0n) is 13.6. The van der Waals surface area contributed by atoms with Crippen LogP contribution in [-0.4, -0.2) is 21.4 Å². The minimum atomic E-state index is -0.595. The van der Waals surface area contributed by atoms with Crippen LogP contribution in [0.5, 0.6) is 0 Å². The number of hydrogen-bond donors (Lipinski definition) is 2. The summed E-state index contributed by atoms with van der Waals surface area (Å²) in [7, 11) is 0. The topological polar surface area (TPSA) is 90.0 Å². The molecule has 0 unspecified atom stereocenters. The maximum atomic E-state index is 12.4. The fraction of sp³-hybridized carbons (Fsp3) is 0.389. The van der Waals surface area contributed by atoms with Gasteiger partial charge < -0.3 is 15.6 Å². The summed E-state index contributed by atoms with van der Waals surface area (Å²) in [6.07, 6.45) is 6.66. The van der Waals surface area contributed by atoms with Gasteiger partial charge in [-0.25, -0.2) is 4.98 Å². The highest BCUT2D eigenvalue weighted by Crippen LogP contribution is 2.25. The lowest BCUT2D eigenvalue weighted by molar-refractivity contribution is -0.120. The average Bonchev–Trinajstić information content (AvgIpc) is 2.99. The number of primary amides is 1. The predicted octanol–water partition coefficient (Wildman–Crippen LogP) is 2.55. The maximum Gasteiger partial charge on any atom is 0.269 e. The number of nitrogens with two attached hydrogens (primary N) is 1. The van der Waals surface area contributed by atoms with Crippen molar-refractivity contribution in [2.45, 2.75) is 38.6 Å². The largest absolute Gasteiger partial charge is 0.364 e. The van der Waals surface area contributed by atoms with Gasteiger partial charge in [-0.2, -0.15) is 0 Å². The van der Waals surface area contributed by atoms with E-state index in [1.807, 2.05) is 30.3 Å². The average molecular weight is 326 g/mol. The lowest BCUT2D eigenvalue weighted by Gasteiger charge is -2.20. The molecule has 0 saturated heterocycles. The van der Waals surface area contributed by atoms with Gasteiger partial charge in [-0.15, -0.1) is 0 Å². The molecule has 6 nitrogen and oxygen atoms in total. The van der Waals surface area contributed by atoms with Crippen LogP contribution in [0.3, 0.4) is 0 Å². The number of aromatic nitrogens is 2. The van der Waals surface area contributed by atoms with E-state index >= 15 is 0 Å². The van der Waals surface area contributed by atoms with E-state index in [0.29, 0.717) is 6.54 Å². The number of imidazole rings is 1. The molecule has 0 radical (unpaired) electrons. The van der Waals surface area contributed by atoms with Crippen molar-refractivity contribution in [3.8, 4) is 0 Å². The van der Waals surface area contributed by atoms with Crippen molar-refractivity contribution < 1.29 is 9.59 Å². The molecule has 1 aliphatic rings. The summed E-state index contributed by atoms with van der Waals surface area (Å²) in [6, 6.07) is 9.72. The Labute approximate surface area is 141 Å². The van der Waals surface area contributed by atoms with Crippen LogP contribution in [0.15, 0.2) is 36.7 Å². The maximum absolute atomic E-state index is 12.4. The highest BCUT2D eigenvalue weighted by molar-refractivity contribution is 6.01. The number of carbonyl (C=O) groups excluding carboxylic acids is 2. The lowest BCUT2D eigenvalue weighted by Crippen LogP contribution is -2.27. The van der Waals surface area contributed by atoms with Crippen LogP contribution < -0.4 is 11.1 Å². The van der Waals surface area contributed by atoms with Crippen molar-refractivity contribution >= 4 is 17.6 Å². The third-order valence-corrected chi connectivity index (χ3v) is 4.48. The molecule has 1 aromatic carbocycles. The fourth-order valence-electron chi connectivity index (χ4n) is 3.22. The van der Waals surface area contributed by atoms with Crippen LogP contribution in [-0.2, 0) is 11.3 Å². The number of benzene rings is 1. The summed E-state index contributed by atoms with van der Waals surface area (Å²) in [4.78, 5) is 28.5. The Morgan fingerprint density at radius 1 is 1.17 bits per heavy atom. The molecule has 0 bridgehead atoms. The van der Waals surface area contributed by atoms with Gasteiger partial charge in [-0.3, -0.25) is 9.59 Å². The van der Waals surface area contributed by atoms with Gasteiger partial charge in [-0.1, -0.05) is 49.6 Å². The number of carbonyl (C=O) groups is 2. The van der Waals surface area contributed by atoms with Gasteiger partial charge in [-0.05, 0) is 18.4 Å². The standard InChI is InChI=1S/C18H22N4O2/c19-16(23)15-17(21-18(24)14-9-5-2-6-10-14)20-12-22(15)11-13-7-3-1-4-8-13/h1,3-4,7-8,12,14H,2,5-6,9-11H2,(H2,19,23)(H,21,24). The zero-order valence-corrected chi connectivity index (χ0v) is 13.6. The molecule has 2 amide bonds. The van der Waals surface area contributed by atoms with Gasteiger partial charge in [0.2, 0.25) is 5.91 Å². The SMILES string of the molecule is NC(=O)c1c(NC(=O)C2CCCCC2)ncn1Cc1ccccc1. The number of rotatable bonds is 5. The molecule has 126 valence electrons.